The molecule has 4 heteroatoms. The van der Waals surface area contributed by atoms with E-state index in [1.165, 1.54) is 5.56 Å². The summed E-state index contributed by atoms with van der Waals surface area (Å²) in [5, 5.41) is 0. The lowest BCUT2D eigenvalue weighted by Crippen LogP contribution is -2.48. The van der Waals surface area contributed by atoms with Gasteiger partial charge in [-0.25, -0.2) is 0 Å². The van der Waals surface area contributed by atoms with Gasteiger partial charge in [-0.15, -0.1) is 0 Å². The average molecular weight is 240 g/mol. The lowest BCUT2D eigenvalue weighted by atomic mass is 10.2. The molecule has 0 aliphatic heterocycles. The highest BCUT2D eigenvalue weighted by Crippen LogP contribution is 2.17. The number of rotatable bonds is 6. The summed E-state index contributed by atoms with van der Waals surface area (Å²) in [6.07, 6.45) is 0.107. The Morgan fingerprint density at radius 1 is 1.06 bits per heavy atom. The van der Waals surface area contributed by atoms with Crippen molar-refractivity contribution in [2.24, 2.45) is 0 Å². The van der Waals surface area contributed by atoms with Crippen LogP contribution < -0.4 is 0 Å². The van der Waals surface area contributed by atoms with Gasteiger partial charge in [0.25, 0.3) is 0 Å². The maximum atomic E-state index is 5.83. The number of benzene rings is 1. The Morgan fingerprint density at radius 3 is 2.06 bits per heavy atom. The van der Waals surface area contributed by atoms with Crippen molar-refractivity contribution in [3.63, 3.8) is 0 Å². The van der Waals surface area contributed by atoms with Crippen LogP contribution in [-0.2, 0) is 19.3 Å². The number of hydrogen-bond acceptors (Lipinski definition) is 3. The molecule has 1 aromatic carbocycles. The minimum absolute atomic E-state index is 0.107. The fraction of sp³-hybridized carbons (Fsp3) is 0.500. The molecule has 0 saturated carbocycles. The van der Waals surface area contributed by atoms with Crippen molar-refractivity contribution in [1.29, 1.82) is 0 Å². The van der Waals surface area contributed by atoms with Crippen LogP contribution in [-0.4, -0.2) is 29.1 Å². The molecule has 0 bridgehead atoms. The quantitative estimate of drug-likeness (QED) is 0.715. The van der Waals surface area contributed by atoms with Gasteiger partial charge >= 0.3 is 8.80 Å². The van der Waals surface area contributed by atoms with E-state index >= 15 is 0 Å². The van der Waals surface area contributed by atoms with Crippen LogP contribution in [0.4, 0.5) is 0 Å². The van der Waals surface area contributed by atoms with Gasteiger partial charge in [-0.1, -0.05) is 30.3 Å². The normalized spacial score (nSPS) is 12.1. The molecule has 16 heavy (non-hydrogen) atoms. The molecule has 3 nitrogen and oxygen atoms in total. The molecule has 0 amide bonds. The molecular formula is C12H20O3Si. The van der Waals surface area contributed by atoms with E-state index in [9.17, 15) is 0 Å². The van der Waals surface area contributed by atoms with Gasteiger partial charge in [0, 0.05) is 26.4 Å². The van der Waals surface area contributed by atoms with E-state index in [2.05, 4.69) is 12.1 Å². The Balaban J connectivity index is 2.78. The van der Waals surface area contributed by atoms with Gasteiger partial charge in [0.15, 0.2) is 0 Å². The highest BCUT2D eigenvalue weighted by atomic mass is 28.4. The Hall–Kier alpha value is -0.683. The first kappa shape index (κ1) is 13.4. The van der Waals surface area contributed by atoms with Crippen molar-refractivity contribution in [2.45, 2.75) is 26.0 Å². The van der Waals surface area contributed by atoms with Crippen LogP contribution in [0.2, 0.25) is 0 Å². The molecule has 0 atom stereocenters. The Labute approximate surface area is 98.7 Å². The summed E-state index contributed by atoms with van der Waals surface area (Å²) in [6, 6.07) is 10.8. The van der Waals surface area contributed by atoms with Crippen molar-refractivity contribution < 1.29 is 13.3 Å². The summed E-state index contributed by atoms with van der Waals surface area (Å²) < 4.78 is 16.8. The number of hydrogen-bond donors (Lipinski definition) is 0. The van der Waals surface area contributed by atoms with Crippen LogP contribution >= 0.6 is 0 Å². The fourth-order valence-electron chi connectivity index (χ4n) is 1.57. The van der Waals surface area contributed by atoms with Crippen LogP contribution in [0.1, 0.15) is 19.4 Å². The molecule has 0 radical (unpaired) electrons. The SMILES string of the molecule is CO[Si](Cc1ccccc1)(OC)OC(C)C. The first-order valence-electron chi connectivity index (χ1n) is 5.44. The monoisotopic (exact) mass is 240 g/mol. The second-order valence-electron chi connectivity index (χ2n) is 3.92. The molecule has 0 spiro atoms. The standard InChI is InChI=1S/C12H20O3Si/c1-11(2)15-16(13-3,14-4)10-12-8-6-5-7-9-12/h5-9,11H,10H2,1-4H3. The molecule has 0 N–H and O–H groups in total. The van der Waals surface area contributed by atoms with E-state index in [1.807, 2.05) is 32.0 Å². The predicted molar refractivity (Wildman–Crippen MR) is 66.1 cm³/mol. The summed E-state index contributed by atoms with van der Waals surface area (Å²) in [5.74, 6) is 0. The van der Waals surface area contributed by atoms with Crippen LogP contribution in [0.15, 0.2) is 30.3 Å². The Bertz CT molecular complexity index is 296. The second kappa shape index (κ2) is 6.15. The van der Waals surface area contributed by atoms with Gasteiger partial charge in [0.05, 0.1) is 0 Å². The zero-order valence-corrected chi connectivity index (χ0v) is 11.4. The van der Waals surface area contributed by atoms with E-state index in [1.54, 1.807) is 14.2 Å². The lowest BCUT2D eigenvalue weighted by Gasteiger charge is -2.28. The van der Waals surface area contributed by atoms with Crippen LogP contribution in [0, 0.1) is 0 Å². The topological polar surface area (TPSA) is 27.7 Å². The van der Waals surface area contributed by atoms with Gasteiger partial charge in [-0.3, -0.25) is 0 Å². The van der Waals surface area contributed by atoms with Gasteiger partial charge in [0.1, 0.15) is 0 Å². The smallest absolute Gasteiger partial charge is 0.377 e. The first-order valence-corrected chi connectivity index (χ1v) is 7.37. The highest BCUT2D eigenvalue weighted by molar-refractivity contribution is 6.60. The van der Waals surface area contributed by atoms with Gasteiger partial charge in [0.2, 0.25) is 0 Å². The minimum Gasteiger partial charge on any atom is -0.377 e. The highest BCUT2D eigenvalue weighted by Gasteiger charge is 2.40. The largest absolute Gasteiger partial charge is 0.505 e. The summed E-state index contributed by atoms with van der Waals surface area (Å²) in [7, 11) is 0.760. The second-order valence-corrected chi connectivity index (χ2v) is 6.69. The lowest BCUT2D eigenvalue weighted by molar-refractivity contribution is 0.0691. The summed E-state index contributed by atoms with van der Waals surface area (Å²) in [6.45, 7) is 3.98. The summed E-state index contributed by atoms with van der Waals surface area (Å²) in [4.78, 5) is 0. The molecule has 90 valence electrons. The van der Waals surface area contributed by atoms with E-state index in [0.29, 0.717) is 6.04 Å². The van der Waals surface area contributed by atoms with Crippen molar-refractivity contribution >= 4 is 8.80 Å². The first-order chi connectivity index (χ1) is 7.62. The van der Waals surface area contributed by atoms with Crippen molar-refractivity contribution in [3.05, 3.63) is 35.9 Å². The molecular weight excluding hydrogens is 220 g/mol. The maximum Gasteiger partial charge on any atom is 0.505 e. The van der Waals surface area contributed by atoms with E-state index < -0.39 is 8.80 Å². The minimum atomic E-state index is -2.55. The van der Waals surface area contributed by atoms with E-state index in [4.69, 9.17) is 13.3 Å². The van der Waals surface area contributed by atoms with E-state index in [-0.39, 0.29) is 6.10 Å². The molecule has 0 heterocycles. The fourth-order valence-corrected chi connectivity index (χ4v) is 3.76. The summed E-state index contributed by atoms with van der Waals surface area (Å²) >= 11 is 0. The zero-order valence-electron chi connectivity index (χ0n) is 10.4. The van der Waals surface area contributed by atoms with Crippen molar-refractivity contribution in [3.8, 4) is 0 Å². The third-order valence-electron chi connectivity index (χ3n) is 2.30. The molecule has 0 aliphatic rings. The van der Waals surface area contributed by atoms with E-state index in [0.717, 1.165) is 0 Å². The predicted octanol–water partition coefficient (Wildman–Crippen LogP) is 2.43. The molecule has 0 aromatic heterocycles. The molecule has 0 fully saturated rings. The molecule has 0 saturated heterocycles. The van der Waals surface area contributed by atoms with Crippen LogP contribution in [0.25, 0.3) is 0 Å². The molecule has 1 aromatic rings. The Morgan fingerprint density at radius 2 is 1.62 bits per heavy atom. The zero-order chi connectivity index (χ0) is 12.0. The van der Waals surface area contributed by atoms with Crippen molar-refractivity contribution in [2.75, 3.05) is 14.2 Å². The van der Waals surface area contributed by atoms with Gasteiger partial charge in [-0.2, -0.15) is 0 Å². The van der Waals surface area contributed by atoms with Gasteiger partial charge < -0.3 is 13.3 Å². The average Bonchev–Trinajstić information content (AvgIpc) is 2.29. The Kier molecular flexibility index (Phi) is 5.14. The van der Waals surface area contributed by atoms with Crippen LogP contribution in [0.3, 0.4) is 0 Å². The van der Waals surface area contributed by atoms with Crippen LogP contribution in [0.5, 0.6) is 0 Å². The molecule has 1 rings (SSSR count). The van der Waals surface area contributed by atoms with Crippen molar-refractivity contribution in [1.82, 2.24) is 0 Å². The maximum absolute atomic E-state index is 5.83. The summed E-state index contributed by atoms with van der Waals surface area (Å²) in [5.41, 5.74) is 1.18. The molecule has 0 unspecified atom stereocenters. The van der Waals surface area contributed by atoms with Gasteiger partial charge in [-0.05, 0) is 19.4 Å². The third-order valence-corrected chi connectivity index (χ3v) is 5.22. The third kappa shape index (κ3) is 3.72. The molecule has 0 aliphatic carbocycles.